The van der Waals surface area contributed by atoms with Gasteiger partial charge in [0.15, 0.2) is 0 Å². The van der Waals surface area contributed by atoms with Crippen molar-refractivity contribution >= 4 is 39.1 Å². The third kappa shape index (κ3) is 2.96. The van der Waals surface area contributed by atoms with Crippen molar-refractivity contribution < 1.29 is 9.47 Å². The molecule has 2 rings (SSSR count). The van der Waals surface area contributed by atoms with Gasteiger partial charge in [-0.05, 0) is 31.4 Å². The van der Waals surface area contributed by atoms with Crippen LogP contribution in [0.3, 0.4) is 0 Å². The summed E-state index contributed by atoms with van der Waals surface area (Å²) in [5.41, 5.74) is 0.946. The molecule has 0 radical (unpaired) electrons. The monoisotopic (exact) mass is 352 g/mol. The van der Waals surface area contributed by atoms with Crippen LogP contribution >= 0.6 is 39.1 Å². The first-order valence-electron chi connectivity index (χ1n) is 5.85. The fourth-order valence-corrected chi connectivity index (χ4v) is 3.58. The molecule has 3 unspecified atom stereocenters. The molecule has 1 aliphatic rings. The van der Waals surface area contributed by atoms with E-state index in [1.54, 1.807) is 13.2 Å². The maximum absolute atomic E-state index is 6.27. The molecule has 1 fully saturated rings. The van der Waals surface area contributed by atoms with Crippen molar-refractivity contribution in [3.8, 4) is 5.75 Å². The van der Waals surface area contributed by atoms with Gasteiger partial charge < -0.3 is 9.47 Å². The molecule has 1 aromatic carbocycles. The van der Waals surface area contributed by atoms with Crippen LogP contribution in [0.15, 0.2) is 12.1 Å². The third-order valence-corrected chi connectivity index (χ3v) is 4.87. The fraction of sp³-hybridized carbons (Fsp3) is 0.538. The van der Waals surface area contributed by atoms with Crippen LogP contribution in [0, 0.1) is 0 Å². The zero-order valence-electron chi connectivity index (χ0n) is 10.3. The highest BCUT2D eigenvalue weighted by atomic mass is 79.9. The zero-order valence-corrected chi connectivity index (χ0v) is 13.3. The molecule has 1 aliphatic heterocycles. The van der Waals surface area contributed by atoms with Crippen molar-refractivity contribution in [3.63, 3.8) is 0 Å². The lowest BCUT2D eigenvalue weighted by molar-refractivity contribution is 0.0557. The number of ether oxygens (including phenoxy) is 2. The second-order valence-electron chi connectivity index (χ2n) is 4.47. The molecule has 0 amide bonds. The molecule has 0 spiro atoms. The first kappa shape index (κ1) is 14.4. The van der Waals surface area contributed by atoms with Crippen LogP contribution in [-0.4, -0.2) is 19.3 Å². The lowest BCUT2D eigenvalue weighted by Crippen LogP contribution is -2.14. The van der Waals surface area contributed by atoms with Gasteiger partial charge in [0.1, 0.15) is 5.75 Å². The Balaban J connectivity index is 2.25. The van der Waals surface area contributed by atoms with Crippen LogP contribution in [0.5, 0.6) is 5.75 Å². The summed E-state index contributed by atoms with van der Waals surface area (Å²) in [6.45, 7) is 2.09. The Bertz CT molecular complexity index is 439. The van der Waals surface area contributed by atoms with E-state index in [4.69, 9.17) is 32.7 Å². The molecule has 5 heteroatoms. The molecule has 3 atom stereocenters. The highest BCUT2D eigenvalue weighted by Gasteiger charge is 2.30. The lowest BCUT2D eigenvalue weighted by Gasteiger charge is -2.20. The molecular formula is C13H15BrCl2O2. The molecule has 0 N–H and O–H groups in total. The molecule has 1 aromatic rings. The molecule has 100 valence electrons. The van der Waals surface area contributed by atoms with E-state index in [1.807, 2.05) is 6.07 Å². The fourth-order valence-electron chi connectivity index (χ4n) is 2.16. The van der Waals surface area contributed by atoms with Crippen LogP contribution in [-0.2, 0) is 4.74 Å². The van der Waals surface area contributed by atoms with E-state index in [0.717, 1.165) is 18.4 Å². The van der Waals surface area contributed by atoms with Crippen molar-refractivity contribution in [2.45, 2.75) is 36.8 Å². The van der Waals surface area contributed by atoms with E-state index in [9.17, 15) is 0 Å². The summed E-state index contributed by atoms with van der Waals surface area (Å²) in [4.78, 5) is 0.0540. The molecule has 2 nitrogen and oxygen atoms in total. The second kappa shape index (κ2) is 6.00. The number of halogens is 3. The minimum absolute atomic E-state index is 0.0540. The van der Waals surface area contributed by atoms with E-state index in [0.29, 0.717) is 21.9 Å². The van der Waals surface area contributed by atoms with Crippen molar-refractivity contribution in [2.24, 2.45) is 0 Å². The number of hydrogen-bond donors (Lipinski definition) is 0. The van der Waals surface area contributed by atoms with Crippen molar-refractivity contribution in [2.75, 3.05) is 7.11 Å². The van der Waals surface area contributed by atoms with Gasteiger partial charge >= 0.3 is 0 Å². The van der Waals surface area contributed by atoms with Gasteiger partial charge in [-0.1, -0.05) is 39.1 Å². The van der Waals surface area contributed by atoms with Gasteiger partial charge in [-0.2, -0.15) is 0 Å². The summed E-state index contributed by atoms with van der Waals surface area (Å²) >= 11 is 16.1. The van der Waals surface area contributed by atoms with E-state index < -0.39 is 0 Å². The number of hydrogen-bond acceptors (Lipinski definition) is 2. The van der Waals surface area contributed by atoms with Crippen LogP contribution in [0.4, 0.5) is 0 Å². The summed E-state index contributed by atoms with van der Waals surface area (Å²) in [6, 6.07) is 3.58. The van der Waals surface area contributed by atoms with Gasteiger partial charge in [0.2, 0.25) is 0 Å². The standard InChI is InChI=1S/C13H15BrCl2O2/c1-7-3-4-11(18-7)13(14)8-5-10(16)12(17-2)6-9(8)15/h5-7,11,13H,3-4H2,1-2H3. The second-order valence-corrected chi connectivity index (χ2v) is 6.27. The Morgan fingerprint density at radius 3 is 2.61 bits per heavy atom. The zero-order chi connectivity index (χ0) is 13.3. The molecule has 18 heavy (non-hydrogen) atoms. The Hall–Kier alpha value is 0.0400. The van der Waals surface area contributed by atoms with Crippen molar-refractivity contribution in [1.29, 1.82) is 0 Å². The Morgan fingerprint density at radius 2 is 2.06 bits per heavy atom. The summed E-state index contributed by atoms with van der Waals surface area (Å²) in [6.07, 6.45) is 2.55. The summed E-state index contributed by atoms with van der Waals surface area (Å²) < 4.78 is 11.0. The molecule has 1 saturated heterocycles. The summed E-state index contributed by atoms with van der Waals surface area (Å²) in [5, 5.41) is 1.20. The predicted octanol–water partition coefficient (Wildman–Crippen LogP) is 5.01. The van der Waals surface area contributed by atoms with Gasteiger partial charge in [-0.25, -0.2) is 0 Å². The average Bonchev–Trinajstić information content (AvgIpc) is 2.77. The van der Waals surface area contributed by atoms with Gasteiger partial charge in [-0.15, -0.1) is 0 Å². The van der Waals surface area contributed by atoms with E-state index >= 15 is 0 Å². The van der Waals surface area contributed by atoms with E-state index in [-0.39, 0.29) is 10.9 Å². The van der Waals surface area contributed by atoms with Crippen LogP contribution < -0.4 is 4.74 Å². The minimum atomic E-state index is 0.0540. The molecule has 0 aliphatic carbocycles. The van der Waals surface area contributed by atoms with E-state index in [1.165, 1.54) is 0 Å². The number of rotatable bonds is 3. The Kier molecular flexibility index (Phi) is 4.81. The predicted molar refractivity (Wildman–Crippen MR) is 78.3 cm³/mol. The van der Waals surface area contributed by atoms with Crippen molar-refractivity contribution in [3.05, 3.63) is 27.7 Å². The Morgan fingerprint density at radius 1 is 1.33 bits per heavy atom. The van der Waals surface area contributed by atoms with Gasteiger partial charge in [0, 0.05) is 11.1 Å². The number of alkyl halides is 1. The smallest absolute Gasteiger partial charge is 0.138 e. The van der Waals surface area contributed by atoms with E-state index in [2.05, 4.69) is 22.9 Å². The maximum atomic E-state index is 6.27. The highest BCUT2D eigenvalue weighted by molar-refractivity contribution is 9.09. The molecular weight excluding hydrogens is 339 g/mol. The summed E-state index contributed by atoms with van der Waals surface area (Å²) in [7, 11) is 1.57. The minimum Gasteiger partial charge on any atom is -0.495 e. The van der Waals surface area contributed by atoms with Gasteiger partial charge in [-0.3, -0.25) is 0 Å². The SMILES string of the molecule is COc1cc(Cl)c(C(Br)C2CCC(C)O2)cc1Cl. The first-order chi connectivity index (χ1) is 8.52. The topological polar surface area (TPSA) is 18.5 Å². The highest BCUT2D eigenvalue weighted by Crippen LogP contribution is 2.42. The largest absolute Gasteiger partial charge is 0.495 e. The van der Waals surface area contributed by atoms with Gasteiger partial charge in [0.25, 0.3) is 0 Å². The number of methoxy groups -OCH3 is 1. The van der Waals surface area contributed by atoms with Crippen LogP contribution in [0.25, 0.3) is 0 Å². The van der Waals surface area contributed by atoms with Crippen LogP contribution in [0.2, 0.25) is 10.0 Å². The molecule has 1 heterocycles. The first-order valence-corrected chi connectivity index (χ1v) is 7.52. The maximum Gasteiger partial charge on any atom is 0.138 e. The lowest BCUT2D eigenvalue weighted by atomic mass is 10.0. The molecule has 0 aromatic heterocycles. The molecule has 0 bridgehead atoms. The van der Waals surface area contributed by atoms with Gasteiger partial charge in [0.05, 0.1) is 29.2 Å². The average molecular weight is 354 g/mol. The number of benzene rings is 1. The Labute approximate surface area is 126 Å². The molecule has 0 saturated carbocycles. The van der Waals surface area contributed by atoms with Crippen molar-refractivity contribution in [1.82, 2.24) is 0 Å². The normalized spacial score (nSPS) is 25.2. The third-order valence-electron chi connectivity index (χ3n) is 3.16. The summed E-state index contributed by atoms with van der Waals surface area (Å²) in [5.74, 6) is 0.589. The quantitative estimate of drug-likeness (QED) is 0.711. The van der Waals surface area contributed by atoms with Crippen LogP contribution in [0.1, 0.15) is 30.2 Å².